The van der Waals surface area contributed by atoms with Gasteiger partial charge in [0.1, 0.15) is 0 Å². The zero-order chi connectivity index (χ0) is 13.7. The van der Waals surface area contributed by atoms with Gasteiger partial charge >= 0.3 is 5.97 Å². The normalized spacial score (nSPS) is 9.89. The van der Waals surface area contributed by atoms with Crippen molar-refractivity contribution >= 4 is 17.6 Å². The summed E-state index contributed by atoms with van der Waals surface area (Å²) in [7, 11) is 0. The lowest BCUT2D eigenvalue weighted by Crippen LogP contribution is -2.12. The van der Waals surface area contributed by atoms with E-state index in [4.69, 9.17) is 5.11 Å². The van der Waals surface area contributed by atoms with Gasteiger partial charge in [0.05, 0.1) is 12.0 Å². The molecule has 0 unspecified atom stereocenters. The Balaban J connectivity index is 2.04. The number of carboxylic acids is 1. The molecule has 0 saturated carbocycles. The molecule has 5 nitrogen and oxygen atoms in total. The Kier molecular flexibility index (Phi) is 3.87. The topological polar surface area (TPSA) is 79.3 Å². The van der Waals surface area contributed by atoms with E-state index >= 15 is 0 Å². The number of benzene rings is 1. The molecule has 0 aliphatic carbocycles. The molecule has 0 spiro atoms. The fraction of sp³-hybridized carbons (Fsp3) is 0.0714. The molecular formula is C14H12N2O3. The van der Waals surface area contributed by atoms with Crippen LogP contribution in [0.25, 0.3) is 0 Å². The zero-order valence-corrected chi connectivity index (χ0v) is 10.0. The maximum atomic E-state index is 11.8. The number of carbonyl (C=O) groups excluding carboxylic acids is 1. The van der Waals surface area contributed by atoms with Crippen LogP contribution in [0.5, 0.6) is 0 Å². The number of nitrogens with one attached hydrogen (secondary N) is 1. The number of pyridine rings is 1. The van der Waals surface area contributed by atoms with E-state index < -0.39 is 5.97 Å². The van der Waals surface area contributed by atoms with Crippen LogP contribution in [0, 0.1) is 0 Å². The second-order valence-electron chi connectivity index (χ2n) is 3.96. The summed E-state index contributed by atoms with van der Waals surface area (Å²) in [5.41, 5.74) is 1.77. The Morgan fingerprint density at radius 1 is 1.16 bits per heavy atom. The molecule has 0 atom stereocenters. The summed E-state index contributed by atoms with van der Waals surface area (Å²) in [6, 6.07) is 10.0. The summed E-state index contributed by atoms with van der Waals surface area (Å²) in [5, 5.41) is 11.4. The molecule has 5 heteroatoms. The standard InChI is InChI=1S/C14H12N2O3/c17-13(18)8-10-3-5-12(6-4-10)16-14(19)11-2-1-7-15-9-11/h1-7,9H,8H2,(H,16,19)(H,17,18). The molecule has 2 aromatic rings. The number of amides is 1. The van der Waals surface area contributed by atoms with Crippen LogP contribution in [0.1, 0.15) is 15.9 Å². The minimum absolute atomic E-state index is 0.0309. The van der Waals surface area contributed by atoms with Crippen molar-refractivity contribution in [2.45, 2.75) is 6.42 Å². The van der Waals surface area contributed by atoms with Crippen LogP contribution in [0.2, 0.25) is 0 Å². The summed E-state index contributed by atoms with van der Waals surface area (Å²) >= 11 is 0. The fourth-order valence-corrected chi connectivity index (χ4v) is 1.58. The average molecular weight is 256 g/mol. The van der Waals surface area contributed by atoms with E-state index in [1.165, 1.54) is 6.20 Å². The van der Waals surface area contributed by atoms with Gasteiger partial charge in [0.15, 0.2) is 0 Å². The van der Waals surface area contributed by atoms with Gasteiger partial charge in [-0.25, -0.2) is 0 Å². The number of hydrogen-bond donors (Lipinski definition) is 2. The lowest BCUT2D eigenvalue weighted by atomic mass is 10.1. The van der Waals surface area contributed by atoms with Crippen LogP contribution >= 0.6 is 0 Å². The van der Waals surface area contributed by atoms with Crippen molar-refractivity contribution in [3.63, 3.8) is 0 Å². The van der Waals surface area contributed by atoms with Gasteiger partial charge in [0, 0.05) is 18.1 Å². The Morgan fingerprint density at radius 2 is 1.89 bits per heavy atom. The molecule has 0 fully saturated rings. The predicted octanol–water partition coefficient (Wildman–Crippen LogP) is 1.96. The van der Waals surface area contributed by atoms with Crippen LogP contribution in [-0.4, -0.2) is 22.0 Å². The van der Waals surface area contributed by atoms with Crippen LogP contribution in [-0.2, 0) is 11.2 Å². The smallest absolute Gasteiger partial charge is 0.307 e. The Morgan fingerprint density at radius 3 is 2.47 bits per heavy atom. The highest BCUT2D eigenvalue weighted by molar-refractivity contribution is 6.04. The minimum atomic E-state index is -0.882. The highest BCUT2D eigenvalue weighted by atomic mass is 16.4. The van der Waals surface area contributed by atoms with Gasteiger partial charge in [-0.3, -0.25) is 14.6 Å². The summed E-state index contributed by atoms with van der Waals surface area (Å²) in [4.78, 5) is 26.2. The van der Waals surface area contributed by atoms with Crippen LogP contribution in [0.3, 0.4) is 0 Å². The maximum absolute atomic E-state index is 11.8. The molecule has 0 bridgehead atoms. The van der Waals surface area contributed by atoms with Crippen molar-refractivity contribution in [2.24, 2.45) is 0 Å². The minimum Gasteiger partial charge on any atom is -0.481 e. The van der Waals surface area contributed by atoms with Gasteiger partial charge in [0.25, 0.3) is 5.91 Å². The molecule has 2 rings (SSSR count). The van der Waals surface area contributed by atoms with E-state index in [0.29, 0.717) is 16.8 Å². The largest absolute Gasteiger partial charge is 0.481 e. The van der Waals surface area contributed by atoms with Gasteiger partial charge < -0.3 is 10.4 Å². The second kappa shape index (κ2) is 5.77. The zero-order valence-electron chi connectivity index (χ0n) is 10.0. The number of nitrogens with zero attached hydrogens (tertiary/aromatic N) is 1. The van der Waals surface area contributed by atoms with Gasteiger partial charge in [-0.1, -0.05) is 12.1 Å². The summed E-state index contributed by atoms with van der Waals surface area (Å²) in [6.07, 6.45) is 3.04. The third-order valence-electron chi connectivity index (χ3n) is 2.49. The molecule has 1 aromatic carbocycles. The van der Waals surface area contributed by atoms with E-state index in [0.717, 1.165) is 0 Å². The van der Waals surface area contributed by atoms with E-state index in [-0.39, 0.29) is 12.3 Å². The van der Waals surface area contributed by atoms with Crippen LogP contribution in [0.15, 0.2) is 48.8 Å². The molecule has 0 aliphatic rings. The van der Waals surface area contributed by atoms with Crippen molar-refractivity contribution in [3.05, 3.63) is 59.9 Å². The molecule has 96 valence electrons. The van der Waals surface area contributed by atoms with E-state index in [1.54, 1.807) is 42.6 Å². The first kappa shape index (κ1) is 12.8. The van der Waals surface area contributed by atoms with Crippen molar-refractivity contribution in [3.8, 4) is 0 Å². The Hall–Kier alpha value is -2.69. The number of aromatic nitrogens is 1. The number of hydrogen-bond acceptors (Lipinski definition) is 3. The molecular weight excluding hydrogens is 244 g/mol. The third-order valence-corrected chi connectivity index (χ3v) is 2.49. The van der Waals surface area contributed by atoms with Crippen LogP contribution in [0.4, 0.5) is 5.69 Å². The Bertz CT molecular complexity index is 579. The third kappa shape index (κ3) is 3.64. The van der Waals surface area contributed by atoms with Gasteiger partial charge in [0.2, 0.25) is 0 Å². The highest BCUT2D eigenvalue weighted by Gasteiger charge is 2.06. The average Bonchev–Trinajstić information content (AvgIpc) is 2.41. The molecule has 1 aromatic heterocycles. The number of rotatable bonds is 4. The molecule has 0 radical (unpaired) electrons. The molecule has 0 saturated heterocycles. The van der Waals surface area contributed by atoms with Gasteiger partial charge in [-0.05, 0) is 29.8 Å². The van der Waals surface area contributed by atoms with E-state index in [9.17, 15) is 9.59 Å². The summed E-state index contributed by atoms with van der Waals surface area (Å²) < 4.78 is 0. The second-order valence-corrected chi connectivity index (χ2v) is 3.96. The van der Waals surface area contributed by atoms with Gasteiger partial charge in [-0.2, -0.15) is 0 Å². The lowest BCUT2D eigenvalue weighted by Gasteiger charge is -2.05. The van der Waals surface area contributed by atoms with Crippen molar-refractivity contribution in [2.75, 3.05) is 5.32 Å². The fourth-order valence-electron chi connectivity index (χ4n) is 1.58. The molecule has 0 aliphatic heterocycles. The van der Waals surface area contributed by atoms with Crippen molar-refractivity contribution in [1.29, 1.82) is 0 Å². The van der Waals surface area contributed by atoms with E-state index in [2.05, 4.69) is 10.3 Å². The molecule has 1 amide bonds. The molecule has 1 heterocycles. The maximum Gasteiger partial charge on any atom is 0.307 e. The molecule has 2 N–H and O–H groups in total. The summed E-state index contributed by atoms with van der Waals surface area (Å²) in [5.74, 6) is -1.13. The predicted molar refractivity (Wildman–Crippen MR) is 70.0 cm³/mol. The van der Waals surface area contributed by atoms with Crippen molar-refractivity contribution in [1.82, 2.24) is 4.98 Å². The first-order valence-corrected chi connectivity index (χ1v) is 5.67. The van der Waals surface area contributed by atoms with Crippen molar-refractivity contribution < 1.29 is 14.7 Å². The quantitative estimate of drug-likeness (QED) is 0.876. The van der Waals surface area contributed by atoms with Gasteiger partial charge in [-0.15, -0.1) is 0 Å². The lowest BCUT2D eigenvalue weighted by molar-refractivity contribution is -0.136. The monoisotopic (exact) mass is 256 g/mol. The van der Waals surface area contributed by atoms with E-state index in [1.807, 2.05) is 0 Å². The number of anilines is 1. The van der Waals surface area contributed by atoms with Crippen LogP contribution < -0.4 is 5.32 Å². The SMILES string of the molecule is O=C(O)Cc1ccc(NC(=O)c2cccnc2)cc1. The molecule has 19 heavy (non-hydrogen) atoms. The number of aliphatic carboxylic acids is 1. The first-order valence-electron chi connectivity index (χ1n) is 5.67. The Labute approximate surface area is 109 Å². The number of carboxylic acid groups (broad SMARTS) is 1. The highest BCUT2D eigenvalue weighted by Crippen LogP contribution is 2.11. The summed E-state index contributed by atoms with van der Waals surface area (Å²) in [6.45, 7) is 0. The first-order chi connectivity index (χ1) is 9.15. The number of carbonyl (C=O) groups is 2.